The Labute approximate surface area is 247 Å². The number of carbonyl (C=O) groups excluding carboxylic acids is 2. The second-order valence-corrected chi connectivity index (χ2v) is 12.3. The largest absolute Gasteiger partial charge is 0.492 e. The molecule has 2 amide bonds. The van der Waals surface area contributed by atoms with Crippen molar-refractivity contribution >= 4 is 39.1 Å². The van der Waals surface area contributed by atoms with Crippen LogP contribution < -0.4 is 14.4 Å². The third kappa shape index (κ3) is 7.59. The van der Waals surface area contributed by atoms with Crippen molar-refractivity contribution in [2.24, 2.45) is 0 Å². The van der Waals surface area contributed by atoms with Gasteiger partial charge in [0.1, 0.15) is 18.3 Å². The molecule has 0 radical (unpaired) electrons. The van der Waals surface area contributed by atoms with E-state index in [2.05, 4.69) is 5.32 Å². The van der Waals surface area contributed by atoms with Gasteiger partial charge in [-0.25, -0.2) is 8.42 Å². The second kappa shape index (κ2) is 13.9. The summed E-state index contributed by atoms with van der Waals surface area (Å²) in [6.45, 7) is 3.31. The van der Waals surface area contributed by atoms with E-state index in [0.717, 1.165) is 35.6 Å². The molecular weight excluding hydrogens is 562 g/mol. The zero-order valence-corrected chi connectivity index (χ0v) is 24.9. The molecule has 1 saturated carbocycles. The molecule has 0 aliphatic heterocycles. The predicted octanol–water partition coefficient (Wildman–Crippen LogP) is 5.41. The molecule has 3 aromatic carbocycles. The molecule has 1 N–H and O–H groups in total. The van der Waals surface area contributed by atoms with Crippen LogP contribution in [0.5, 0.6) is 5.75 Å². The fourth-order valence-electron chi connectivity index (χ4n) is 4.98. The van der Waals surface area contributed by atoms with Crippen LogP contribution >= 0.6 is 11.6 Å². The highest BCUT2D eigenvalue weighted by Gasteiger charge is 2.34. The topological polar surface area (TPSA) is 96.0 Å². The average molecular weight is 598 g/mol. The van der Waals surface area contributed by atoms with E-state index in [1.165, 1.54) is 17.0 Å². The van der Waals surface area contributed by atoms with E-state index in [1.54, 1.807) is 74.5 Å². The van der Waals surface area contributed by atoms with Gasteiger partial charge >= 0.3 is 0 Å². The molecular formula is C31H36ClN3O5S. The van der Waals surface area contributed by atoms with Crippen molar-refractivity contribution in [3.8, 4) is 5.75 Å². The van der Waals surface area contributed by atoms with Crippen LogP contribution in [0.15, 0.2) is 83.8 Å². The predicted molar refractivity (Wildman–Crippen MR) is 160 cm³/mol. The number of para-hydroxylation sites is 2. The van der Waals surface area contributed by atoms with Crippen molar-refractivity contribution in [1.29, 1.82) is 0 Å². The van der Waals surface area contributed by atoms with Crippen LogP contribution in [-0.4, -0.2) is 50.4 Å². The van der Waals surface area contributed by atoms with Gasteiger partial charge in [-0.2, -0.15) is 0 Å². The number of anilines is 1. The fourth-order valence-corrected chi connectivity index (χ4v) is 6.64. The summed E-state index contributed by atoms with van der Waals surface area (Å²) < 4.78 is 34.8. The van der Waals surface area contributed by atoms with Gasteiger partial charge in [-0.3, -0.25) is 13.9 Å². The molecule has 10 heteroatoms. The van der Waals surface area contributed by atoms with Crippen LogP contribution in [0.3, 0.4) is 0 Å². The molecule has 0 spiro atoms. The Balaban J connectivity index is 1.71. The minimum absolute atomic E-state index is 0.0347. The summed E-state index contributed by atoms with van der Waals surface area (Å²) in [5, 5.41) is 3.56. The zero-order chi connectivity index (χ0) is 29.4. The maximum atomic E-state index is 14.1. The maximum absolute atomic E-state index is 14.1. The molecule has 41 heavy (non-hydrogen) atoms. The number of nitrogens with one attached hydrogen (secondary N) is 1. The van der Waals surface area contributed by atoms with Crippen LogP contribution in [0.2, 0.25) is 5.02 Å². The Morgan fingerprint density at radius 3 is 2.37 bits per heavy atom. The quantitative estimate of drug-likeness (QED) is 0.301. The lowest BCUT2D eigenvalue weighted by Gasteiger charge is -2.33. The Bertz CT molecular complexity index is 1440. The highest BCUT2D eigenvalue weighted by Crippen LogP contribution is 2.33. The summed E-state index contributed by atoms with van der Waals surface area (Å²) in [7, 11) is -4.18. The first-order valence-corrected chi connectivity index (χ1v) is 15.7. The summed E-state index contributed by atoms with van der Waals surface area (Å²) in [6, 6.07) is 20.9. The first-order valence-electron chi connectivity index (χ1n) is 13.8. The number of halogens is 1. The van der Waals surface area contributed by atoms with Crippen LogP contribution in [0, 0.1) is 0 Å². The lowest BCUT2D eigenvalue weighted by molar-refractivity contribution is -0.139. The molecule has 1 aliphatic carbocycles. The summed E-state index contributed by atoms with van der Waals surface area (Å²) in [5.74, 6) is -0.486. The number of nitrogens with zero attached hydrogens (tertiary/aromatic N) is 2. The summed E-state index contributed by atoms with van der Waals surface area (Å²) in [6.07, 6.45) is 3.90. The van der Waals surface area contributed by atoms with Gasteiger partial charge in [-0.05, 0) is 68.7 Å². The van der Waals surface area contributed by atoms with Crippen LogP contribution in [0.1, 0.15) is 45.1 Å². The molecule has 1 fully saturated rings. The summed E-state index contributed by atoms with van der Waals surface area (Å²) in [4.78, 5) is 28.9. The van der Waals surface area contributed by atoms with Crippen molar-refractivity contribution in [2.45, 2.75) is 63.1 Å². The van der Waals surface area contributed by atoms with Crippen molar-refractivity contribution in [3.63, 3.8) is 0 Å². The van der Waals surface area contributed by atoms with Crippen LogP contribution in [-0.2, 0) is 26.2 Å². The Morgan fingerprint density at radius 1 is 1.00 bits per heavy atom. The number of benzene rings is 3. The number of rotatable bonds is 12. The second-order valence-electron chi connectivity index (χ2n) is 10.0. The number of amides is 2. The molecule has 1 aliphatic rings. The molecule has 0 saturated heterocycles. The lowest BCUT2D eigenvalue weighted by Crippen LogP contribution is -2.52. The maximum Gasteiger partial charge on any atom is 0.264 e. The highest BCUT2D eigenvalue weighted by molar-refractivity contribution is 7.92. The van der Waals surface area contributed by atoms with E-state index in [1.807, 2.05) is 6.07 Å². The van der Waals surface area contributed by atoms with E-state index in [9.17, 15) is 18.0 Å². The van der Waals surface area contributed by atoms with Gasteiger partial charge < -0.3 is 15.0 Å². The van der Waals surface area contributed by atoms with E-state index in [-0.39, 0.29) is 29.1 Å². The standard InChI is InChI=1S/C31H36ClN3O5S/c1-3-40-29-19-10-9-18-28(29)35(41(38,39)27-16-5-4-6-17-27)22-30(36)34(21-24-12-11-13-25(32)20-24)23(2)31(37)33-26-14-7-8-15-26/h4-6,9-13,16-20,23,26H,3,7-8,14-15,21-22H2,1-2H3,(H,33,37). The first-order chi connectivity index (χ1) is 19.7. The highest BCUT2D eigenvalue weighted by atomic mass is 35.5. The molecule has 4 rings (SSSR count). The Kier molecular flexibility index (Phi) is 10.3. The molecule has 3 aromatic rings. The minimum atomic E-state index is -4.18. The molecule has 218 valence electrons. The summed E-state index contributed by atoms with van der Waals surface area (Å²) >= 11 is 6.22. The molecule has 8 nitrogen and oxygen atoms in total. The Morgan fingerprint density at radius 2 is 1.68 bits per heavy atom. The molecule has 1 unspecified atom stereocenters. The van der Waals surface area contributed by atoms with Gasteiger partial charge in [0.2, 0.25) is 11.8 Å². The third-order valence-corrected chi connectivity index (χ3v) is 9.16. The molecule has 0 bridgehead atoms. The lowest BCUT2D eigenvalue weighted by atomic mass is 10.1. The van der Waals surface area contributed by atoms with Gasteiger partial charge in [0, 0.05) is 17.6 Å². The molecule has 0 aromatic heterocycles. The van der Waals surface area contributed by atoms with Crippen molar-refractivity contribution < 1.29 is 22.7 Å². The first kappa shape index (κ1) is 30.4. The van der Waals surface area contributed by atoms with Gasteiger partial charge in [-0.15, -0.1) is 0 Å². The summed E-state index contributed by atoms with van der Waals surface area (Å²) in [5.41, 5.74) is 0.955. The fraction of sp³-hybridized carbons (Fsp3) is 0.355. The van der Waals surface area contributed by atoms with E-state index in [0.29, 0.717) is 17.4 Å². The number of hydrogen-bond acceptors (Lipinski definition) is 5. The van der Waals surface area contributed by atoms with Gasteiger partial charge in [0.05, 0.1) is 17.2 Å². The van der Waals surface area contributed by atoms with Gasteiger partial charge in [0.15, 0.2) is 0 Å². The third-order valence-electron chi connectivity index (χ3n) is 7.15. The smallest absolute Gasteiger partial charge is 0.264 e. The number of hydrogen-bond donors (Lipinski definition) is 1. The minimum Gasteiger partial charge on any atom is -0.492 e. The normalized spacial score (nSPS) is 14.3. The molecule has 1 atom stereocenters. The van der Waals surface area contributed by atoms with E-state index in [4.69, 9.17) is 16.3 Å². The van der Waals surface area contributed by atoms with Crippen molar-refractivity contribution in [1.82, 2.24) is 10.2 Å². The van der Waals surface area contributed by atoms with Crippen LogP contribution in [0.4, 0.5) is 5.69 Å². The SMILES string of the molecule is CCOc1ccccc1N(CC(=O)N(Cc1cccc(Cl)c1)C(C)C(=O)NC1CCCC1)S(=O)(=O)c1ccccc1. The van der Waals surface area contributed by atoms with Gasteiger partial charge in [-0.1, -0.05) is 66.9 Å². The van der Waals surface area contributed by atoms with E-state index < -0.39 is 28.5 Å². The van der Waals surface area contributed by atoms with Crippen molar-refractivity contribution in [3.05, 3.63) is 89.4 Å². The molecule has 0 heterocycles. The van der Waals surface area contributed by atoms with Crippen molar-refractivity contribution in [2.75, 3.05) is 17.5 Å². The average Bonchev–Trinajstić information content (AvgIpc) is 3.48. The van der Waals surface area contributed by atoms with E-state index >= 15 is 0 Å². The monoisotopic (exact) mass is 597 g/mol. The van der Waals surface area contributed by atoms with Crippen LogP contribution in [0.25, 0.3) is 0 Å². The number of carbonyl (C=O) groups is 2. The zero-order valence-electron chi connectivity index (χ0n) is 23.3. The Hall–Kier alpha value is -3.56. The van der Waals surface area contributed by atoms with Gasteiger partial charge in [0.25, 0.3) is 10.0 Å². The number of sulfonamides is 1. The number of ether oxygens (including phenoxy) is 1.